The average Bonchev–Trinajstić information content (AvgIpc) is 3.48. The maximum absolute atomic E-state index is 13.1. The van der Waals surface area contributed by atoms with Crippen molar-refractivity contribution in [1.82, 2.24) is 24.9 Å². The number of pyridine rings is 1. The summed E-state index contributed by atoms with van der Waals surface area (Å²) in [6, 6.07) is 11.6. The number of aryl methyl sites for hydroxylation is 1. The predicted molar refractivity (Wildman–Crippen MR) is 105 cm³/mol. The van der Waals surface area contributed by atoms with Crippen LogP contribution in [0.1, 0.15) is 34.5 Å². The normalized spacial score (nSPS) is 16.7. The molecule has 1 fully saturated rings. The van der Waals surface area contributed by atoms with Crippen molar-refractivity contribution in [3.05, 3.63) is 59.5 Å². The molecule has 0 N–H and O–H groups in total. The third-order valence-corrected chi connectivity index (χ3v) is 5.33. The largest absolute Gasteiger partial charge is 0.459 e. The van der Waals surface area contributed by atoms with Crippen molar-refractivity contribution >= 4 is 22.5 Å². The van der Waals surface area contributed by atoms with Gasteiger partial charge in [-0.1, -0.05) is 11.6 Å². The summed E-state index contributed by atoms with van der Waals surface area (Å²) in [7, 11) is 0. The molecule has 5 rings (SSSR count). The molecule has 8 heteroatoms. The number of fused-ring (bicyclic) bond motifs is 3. The fourth-order valence-electron chi connectivity index (χ4n) is 3.92. The van der Waals surface area contributed by atoms with Gasteiger partial charge in [-0.25, -0.2) is 0 Å². The van der Waals surface area contributed by atoms with E-state index in [-0.39, 0.29) is 12.0 Å². The minimum atomic E-state index is -0.166. The molecule has 1 aromatic carbocycles. The second-order valence-electron chi connectivity index (χ2n) is 7.44. The first-order chi connectivity index (χ1) is 14.2. The van der Waals surface area contributed by atoms with Crippen LogP contribution < -0.4 is 0 Å². The number of benzene rings is 1. The molecule has 1 aliphatic heterocycles. The van der Waals surface area contributed by atoms with E-state index in [4.69, 9.17) is 9.15 Å². The number of hydrogen-bond donors (Lipinski definition) is 0. The third-order valence-electron chi connectivity index (χ3n) is 5.33. The highest BCUT2D eigenvalue weighted by atomic mass is 16.5. The summed E-state index contributed by atoms with van der Waals surface area (Å²) in [5.74, 6) is 0.149. The zero-order chi connectivity index (χ0) is 19.8. The smallest absolute Gasteiger partial charge is 0.289 e. The molecule has 0 spiro atoms. The lowest BCUT2D eigenvalue weighted by atomic mass is 10.1. The van der Waals surface area contributed by atoms with Crippen LogP contribution in [0.2, 0.25) is 0 Å². The Bertz CT molecular complexity index is 1160. The van der Waals surface area contributed by atoms with Crippen LogP contribution in [0.4, 0.5) is 0 Å². The molecular weight excluding hydrogens is 370 g/mol. The van der Waals surface area contributed by atoms with Crippen molar-refractivity contribution < 1.29 is 13.9 Å². The van der Waals surface area contributed by atoms with Crippen LogP contribution in [-0.4, -0.2) is 50.1 Å². The lowest BCUT2D eigenvalue weighted by Gasteiger charge is -2.25. The molecule has 1 aliphatic rings. The molecule has 0 radical (unpaired) electrons. The van der Waals surface area contributed by atoms with Crippen LogP contribution in [0.5, 0.6) is 0 Å². The summed E-state index contributed by atoms with van der Waals surface area (Å²) in [6.45, 7) is 3.65. The standard InChI is InChI=1S/C21H21N5O3/c1-14-6-7-18-15(10-14)11-16(20-22-23-24-26(18)20)12-25(13-17-4-2-8-28-17)21(27)19-5-3-9-29-19/h3,5-7,9-11,17H,2,4,8,12-13H2,1H3. The first kappa shape index (κ1) is 17.8. The van der Waals surface area contributed by atoms with Gasteiger partial charge in [-0.15, -0.1) is 5.10 Å². The Morgan fingerprint density at radius 2 is 2.24 bits per heavy atom. The van der Waals surface area contributed by atoms with Crippen molar-refractivity contribution in [2.24, 2.45) is 0 Å². The van der Waals surface area contributed by atoms with Gasteiger partial charge in [0.15, 0.2) is 11.4 Å². The van der Waals surface area contributed by atoms with Crippen molar-refractivity contribution in [3.8, 4) is 0 Å². The van der Waals surface area contributed by atoms with Gasteiger partial charge >= 0.3 is 0 Å². The van der Waals surface area contributed by atoms with E-state index >= 15 is 0 Å². The molecule has 4 heterocycles. The molecule has 3 aromatic heterocycles. The Morgan fingerprint density at radius 1 is 1.31 bits per heavy atom. The van der Waals surface area contributed by atoms with Crippen LogP contribution >= 0.6 is 0 Å². The highest BCUT2D eigenvalue weighted by molar-refractivity contribution is 5.91. The molecule has 29 heavy (non-hydrogen) atoms. The summed E-state index contributed by atoms with van der Waals surface area (Å²) in [6.07, 6.45) is 3.50. The van der Waals surface area contributed by atoms with E-state index in [0.717, 1.165) is 41.5 Å². The maximum atomic E-state index is 13.1. The number of nitrogens with zero attached hydrogens (tertiary/aromatic N) is 5. The van der Waals surface area contributed by atoms with E-state index in [1.165, 1.54) is 6.26 Å². The lowest BCUT2D eigenvalue weighted by molar-refractivity contribution is 0.0484. The van der Waals surface area contributed by atoms with Crippen LogP contribution in [0.3, 0.4) is 0 Å². The van der Waals surface area contributed by atoms with Crippen LogP contribution in [0.25, 0.3) is 16.6 Å². The molecule has 1 amide bonds. The molecule has 0 bridgehead atoms. The fourth-order valence-corrected chi connectivity index (χ4v) is 3.92. The van der Waals surface area contributed by atoms with Gasteiger partial charge in [0.2, 0.25) is 0 Å². The van der Waals surface area contributed by atoms with Gasteiger partial charge in [0, 0.05) is 30.6 Å². The summed E-state index contributed by atoms with van der Waals surface area (Å²) in [5, 5.41) is 13.2. The summed E-state index contributed by atoms with van der Waals surface area (Å²) < 4.78 is 12.9. The van der Waals surface area contributed by atoms with Gasteiger partial charge < -0.3 is 14.1 Å². The molecule has 8 nitrogen and oxygen atoms in total. The maximum Gasteiger partial charge on any atom is 0.289 e. The Balaban J connectivity index is 1.55. The number of tetrazole rings is 1. The second kappa shape index (κ2) is 7.29. The monoisotopic (exact) mass is 391 g/mol. The molecular formula is C21H21N5O3. The molecule has 1 atom stereocenters. The van der Waals surface area contributed by atoms with Crippen molar-refractivity contribution in [3.63, 3.8) is 0 Å². The van der Waals surface area contributed by atoms with Crippen molar-refractivity contribution in [2.45, 2.75) is 32.4 Å². The van der Waals surface area contributed by atoms with Gasteiger partial charge in [-0.3, -0.25) is 4.79 Å². The number of carbonyl (C=O) groups excluding carboxylic acids is 1. The number of amides is 1. The Labute approximate surface area is 167 Å². The van der Waals surface area contributed by atoms with Crippen molar-refractivity contribution in [2.75, 3.05) is 13.2 Å². The topological polar surface area (TPSA) is 85.8 Å². The second-order valence-corrected chi connectivity index (χ2v) is 7.44. The van der Waals surface area contributed by atoms with Crippen LogP contribution in [0.15, 0.2) is 47.1 Å². The lowest BCUT2D eigenvalue weighted by Crippen LogP contribution is -2.37. The number of hydrogen-bond acceptors (Lipinski definition) is 6. The molecule has 1 unspecified atom stereocenters. The van der Waals surface area contributed by atoms with Gasteiger partial charge in [0.25, 0.3) is 5.91 Å². The first-order valence-electron chi connectivity index (χ1n) is 9.74. The summed E-state index contributed by atoms with van der Waals surface area (Å²) >= 11 is 0. The fraction of sp³-hybridized carbons (Fsp3) is 0.333. The molecule has 0 saturated carbocycles. The van der Waals surface area contributed by atoms with Crippen LogP contribution in [-0.2, 0) is 11.3 Å². The van der Waals surface area contributed by atoms with E-state index in [0.29, 0.717) is 24.5 Å². The first-order valence-corrected chi connectivity index (χ1v) is 9.74. The van der Waals surface area contributed by atoms with Gasteiger partial charge in [0.1, 0.15) is 0 Å². The SMILES string of the molecule is Cc1ccc2c(c1)cc(CN(CC1CCCO1)C(=O)c1ccco1)c1nnnn12. The average molecular weight is 391 g/mol. The third kappa shape index (κ3) is 3.36. The Morgan fingerprint density at radius 3 is 3.03 bits per heavy atom. The van der Waals surface area contributed by atoms with Crippen molar-refractivity contribution in [1.29, 1.82) is 0 Å². The number of carbonyl (C=O) groups is 1. The molecule has 1 saturated heterocycles. The minimum Gasteiger partial charge on any atom is -0.459 e. The van der Waals surface area contributed by atoms with E-state index in [9.17, 15) is 4.79 Å². The van der Waals surface area contributed by atoms with E-state index < -0.39 is 0 Å². The van der Waals surface area contributed by atoms with Gasteiger partial charge in [0.05, 0.1) is 17.9 Å². The van der Waals surface area contributed by atoms with Crippen LogP contribution in [0, 0.1) is 6.92 Å². The zero-order valence-corrected chi connectivity index (χ0v) is 16.1. The number of ether oxygens (including phenoxy) is 1. The summed E-state index contributed by atoms with van der Waals surface area (Å²) in [4.78, 5) is 14.9. The molecule has 0 aliphatic carbocycles. The quantitative estimate of drug-likeness (QED) is 0.520. The summed E-state index contributed by atoms with van der Waals surface area (Å²) in [5.41, 5.74) is 3.61. The number of rotatable bonds is 5. The van der Waals surface area contributed by atoms with E-state index in [1.54, 1.807) is 21.5 Å². The molecule has 4 aromatic rings. The highest BCUT2D eigenvalue weighted by Crippen LogP contribution is 2.23. The van der Waals surface area contributed by atoms with Gasteiger partial charge in [-0.05, 0) is 60.5 Å². The van der Waals surface area contributed by atoms with E-state index in [1.807, 2.05) is 19.1 Å². The Hall–Kier alpha value is -3.26. The minimum absolute atomic E-state index is 0.0311. The highest BCUT2D eigenvalue weighted by Gasteiger charge is 2.26. The molecule has 148 valence electrons. The number of furan rings is 1. The predicted octanol–water partition coefficient (Wildman–Crippen LogP) is 3.00. The van der Waals surface area contributed by atoms with Gasteiger partial charge in [-0.2, -0.15) is 4.52 Å². The number of aromatic nitrogens is 4. The zero-order valence-electron chi connectivity index (χ0n) is 16.1. The Kier molecular flexibility index (Phi) is 4.48. The van der Waals surface area contributed by atoms with E-state index in [2.05, 4.69) is 27.7 Å².